The topological polar surface area (TPSA) is 139 Å². The molecule has 6 N–H and O–H groups in total. The van der Waals surface area contributed by atoms with Gasteiger partial charge in [0.15, 0.2) is 6.23 Å². The maximum atomic E-state index is 8.70. The molecule has 0 amide bonds. The number of ether oxygens (including phenoxy) is 1. The summed E-state index contributed by atoms with van der Waals surface area (Å²) in [6, 6.07) is 5.00. The van der Waals surface area contributed by atoms with Gasteiger partial charge in [0, 0.05) is 65.7 Å². The summed E-state index contributed by atoms with van der Waals surface area (Å²) in [4.78, 5) is 15.2. The van der Waals surface area contributed by atoms with Crippen LogP contribution in [0.5, 0.6) is 5.75 Å². The van der Waals surface area contributed by atoms with Crippen LogP contribution >= 0.6 is 23.2 Å². The molecular formula is C24H26Cl2N8O. The van der Waals surface area contributed by atoms with Crippen molar-refractivity contribution in [3.63, 3.8) is 0 Å². The molecule has 0 unspecified atom stereocenters. The minimum atomic E-state index is -0.925. The van der Waals surface area contributed by atoms with E-state index in [1.807, 2.05) is 0 Å². The van der Waals surface area contributed by atoms with Crippen molar-refractivity contribution in [3.05, 3.63) is 69.7 Å². The maximum Gasteiger partial charge on any atom is 0.225 e. The number of hydrogen-bond acceptors (Lipinski definition) is 9. The molecule has 2 fully saturated rings. The van der Waals surface area contributed by atoms with E-state index in [0.29, 0.717) is 49.5 Å². The van der Waals surface area contributed by atoms with Crippen molar-refractivity contribution in [3.8, 4) is 5.75 Å². The van der Waals surface area contributed by atoms with Gasteiger partial charge in [0.25, 0.3) is 0 Å². The fourth-order valence-electron chi connectivity index (χ4n) is 4.67. The van der Waals surface area contributed by atoms with Crippen molar-refractivity contribution in [1.29, 1.82) is 5.41 Å². The van der Waals surface area contributed by atoms with Crippen LogP contribution in [0.4, 0.5) is 11.6 Å². The fourth-order valence-corrected chi connectivity index (χ4v) is 5.25. The molecule has 4 heterocycles. The van der Waals surface area contributed by atoms with Crippen LogP contribution in [0.2, 0.25) is 10.0 Å². The van der Waals surface area contributed by atoms with Crippen LogP contribution in [0.1, 0.15) is 35.8 Å². The first-order chi connectivity index (χ1) is 16.8. The molecule has 1 spiro atoms. The molecule has 9 nitrogen and oxygen atoms in total. The van der Waals surface area contributed by atoms with E-state index in [1.54, 1.807) is 30.6 Å². The van der Waals surface area contributed by atoms with E-state index < -0.39 is 6.23 Å². The van der Waals surface area contributed by atoms with Crippen molar-refractivity contribution in [2.24, 2.45) is 11.1 Å². The highest BCUT2D eigenvalue weighted by Gasteiger charge is 2.44. The van der Waals surface area contributed by atoms with Gasteiger partial charge in [-0.1, -0.05) is 23.2 Å². The SMILES string of the molecule is N=C(c1cnc(N2CC3(CCNCC3)C2)nc1)c1cc(O[C@H](N)c2c(Cl)cncc2Cl)ccc1N. The standard InChI is InChI=1S/C24H26Cl2N8O/c25-17-10-31-11-18(26)20(17)22(29)35-15-1-2-19(27)16(7-15)21(28)14-8-32-23(33-9-14)34-12-24(13-34)3-5-30-6-4-24/h1-2,7-11,22,28,30H,3-6,12-13,27,29H2/t22-/m0/s1. The number of piperidine rings is 1. The molecule has 1 atom stereocenters. The monoisotopic (exact) mass is 512 g/mol. The molecule has 2 aliphatic rings. The number of nitrogens with two attached hydrogens (primary N) is 2. The second-order valence-corrected chi connectivity index (χ2v) is 9.87. The third-order valence-electron chi connectivity index (χ3n) is 6.66. The lowest BCUT2D eigenvalue weighted by Gasteiger charge is -2.52. The lowest BCUT2D eigenvalue weighted by Crippen LogP contribution is -2.60. The zero-order valence-corrected chi connectivity index (χ0v) is 20.5. The minimum Gasteiger partial charge on any atom is -0.471 e. The summed E-state index contributed by atoms with van der Waals surface area (Å²) in [6.07, 6.45) is 7.67. The number of anilines is 2. The molecule has 35 heavy (non-hydrogen) atoms. The first-order valence-corrected chi connectivity index (χ1v) is 12.1. The van der Waals surface area contributed by atoms with Gasteiger partial charge in [0.2, 0.25) is 5.95 Å². The normalized spacial score (nSPS) is 17.6. The molecule has 0 bridgehead atoms. The van der Waals surface area contributed by atoms with Crippen molar-refractivity contribution < 1.29 is 4.74 Å². The van der Waals surface area contributed by atoms with E-state index in [-0.39, 0.29) is 5.71 Å². The van der Waals surface area contributed by atoms with Gasteiger partial charge in [0.1, 0.15) is 5.75 Å². The Morgan fingerprint density at radius 1 is 1.09 bits per heavy atom. The van der Waals surface area contributed by atoms with Crippen LogP contribution in [0.25, 0.3) is 0 Å². The number of hydrogen-bond donors (Lipinski definition) is 4. The predicted octanol–water partition coefficient (Wildman–Crippen LogP) is 3.40. The van der Waals surface area contributed by atoms with Crippen LogP contribution in [0.15, 0.2) is 43.0 Å². The molecule has 11 heteroatoms. The van der Waals surface area contributed by atoms with Gasteiger partial charge in [-0.15, -0.1) is 0 Å². The lowest BCUT2D eigenvalue weighted by molar-refractivity contribution is 0.148. The maximum absolute atomic E-state index is 8.70. The first kappa shape index (κ1) is 23.7. The lowest BCUT2D eigenvalue weighted by atomic mass is 9.72. The van der Waals surface area contributed by atoms with E-state index in [1.165, 1.54) is 25.2 Å². The summed E-state index contributed by atoms with van der Waals surface area (Å²) < 4.78 is 5.86. The largest absolute Gasteiger partial charge is 0.471 e. The second-order valence-electron chi connectivity index (χ2n) is 9.06. The summed E-state index contributed by atoms with van der Waals surface area (Å²) in [5.41, 5.74) is 14.8. The summed E-state index contributed by atoms with van der Waals surface area (Å²) in [5.74, 6) is 1.11. The Bertz CT molecular complexity index is 1220. The van der Waals surface area contributed by atoms with Crippen molar-refractivity contribution in [2.45, 2.75) is 19.1 Å². The Morgan fingerprint density at radius 2 is 1.74 bits per heavy atom. The molecule has 3 aromatic rings. The Hall–Kier alpha value is -2.98. The smallest absolute Gasteiger partial charge is 0.225 e. The van der Waals surface area contributed by atoms with Crippen molar-refractivity contribution in [1.82, 2.24) is 20.3 Å². The fraction of sp³-hybridized carbons (Fsp3) is 0.333. The van der Waals surface area contributed by atoms with E-state index in [4.69, 9.17) is 44.8 Å². The third kappa shape index (κ3) is 4.77. The van der Waals surface area contributed by atoms with Crippen LogP contribution in [-0.4, -0.2) is 46.8 Å². The quantitative estimate of drug-likeness (QED) is 0.224. The average molecular weight is 513 g/mol. The molecular weight excluding hydrogens is 487 g/mol. The third-order valence-corrected chi connectivity index (χ3v) is 7.26. The predicted molar refractivity (Wildman–Crippen MR) is 137 cm³/mol. The van der Waals surface area contributed by atoms with E-state index >= 15 is 0 Å². The summed E-state index contributed by atoms with van der Waals surface area (Å²) >= 11 is 12.4. The number of nitrogen functional groups attached to an aromatic ring is 1. The van der Waals surface area contributed by atoms with Gasteiger partial charge in [-0.25, -0.2) is 9.97 Å². The highest BCUT2D eigenvalue weighted by Crippen LogP contribution is 2.40. The van der Waals surface area contributed by atoms with Gasteiger partial charge in [-0.2, -0.15) is 0 Å². The summed E-state index contributed by atoms with van der Waals surface area (Å²) in [7, 11) is 0. The second kappa shape index (κ2) is 9.58. The molecule has 5 rings (SSSR count). The minimum absolute atomic E-state index is 0.187. The molecule has 182 valence electrons. The summed E-state index contributed by atoms with van der Waals surface area (Å²) in [5, 5.41) is 12.7. The first-order valence-electron chi connectivity index (χ1n) is 11.3. The molecule has 2 aromatic heterocycles. The Morgan fingerprint density at radius 3 is 2.40 bits per heavy atom. The number of pyridine rings is 1. The highest BCUT2D eigenvalue weighted by molar-refractivity contribution is 6.35. The van der Waals surface area contributed by atoms with Crippen molar-refractivity contribution >= 4 is 40.5 Å². The van der Waals surface area contributed by atoms with Crippen LogP contribution in [0.3, 0.4) is 0 Å². The van der Waals surface area contributed by atoms with E-state index in [9.17, 15) is 0 Å². The Kier molecular flexibility index (Phi) is 6.50. The number of nitrogens with zero attached hydrogens (tertiary/aromatic N) is 4. The van der Waals surface area contributed by atoms with Crippen LogP contribution in [0, 0.1) is 10.8 Å². The van der Waals surface area contributed by atoms with Crippen molar-refractivity contribution in [2.75, 3.05) is 36.8 Å². The number of nitrogens with one attached hydrogen (secondary N) is 2. The van der Waals surface area contributed by atoms with E-state index in [2.05, 4.69) is 25.2 Å². The van der Waals surface area contributed by atoms with Crippen LogP contribution < -0.4 is 26.4 Å². The Labute approximate surface area is 213 Å². The number of rotatable bonds is 6. The zero-order chi connectivity index (χ0) is 24.6. The molecule has 0 saturated carbocycles. The van der Waals surface area contributed by atoms with Gasteiger partial charge < -0.3 is 20.7 Å². The molecule has 0 aliphatic carbocycles. The van der Waals surface area contributed by atoms with Crippen LogP contribution in [-0.2, 0) is 0 Å². The molecule has 2 aliphatic heterocycles. The number of benzene rings is 1. The molecule has 2 saturated heterocycles. The summed E-state index contributed by atoms with van der Waals surface area (Å²) in [6.45, 7) is 4.10. The zero-order valence-electron chi connectivity index (χ0n) is 19.0. The van der Waals surface area contributed by atoms with Gasteiger partial charge in [-0.05, 0) is 44.1 Å². The molecule has 1 aromatic carbocycles. The molecule has 0 radical (unpaired) electrons. The van der Waals surface area contributed by atoms with E-state index in [0.717, 1.165) is 26.2 Å². The number of aromatic nitrogens is 3. The van der Waals surface area contributed by atoms with Gasteiger partial charge in [-0.3, -0.25) is 16.1 Å². The average Bonchev–Trinajstić information content (AvgIpc) is 2.84. The number of halogens is 2. The highest BCUT2D eigenvalue weighted by atomic mass is 35.5. The Balaban J connectivity index is 1.29. The van der Waals surface area contributed by atoms with Gasteiger partial charge in [0.05, 0.1) is 15.8 Å². The van der Waals surface area contributed by atoms with Gasteiger partial charge >= 0.3 is 0 Å².